The number of para-hydroxylation sites is 1. The molecule has 1 aromatic rings. The van der Waals surface area contributed by atoms with Crippen LogP contribution in [0, 0.1) is 12.8 Å². The highest BCUT2D eigenvalue weighted by Gasteiger charge is 2.25. The Balaban J connectivity index is 2.12. The predicted octanol–water partition coefficient (Wildman–Crippen LogP) is 2.50. The predicted molar refractivity (Wildman–Crippen MR) is 69.9 cm³/mol. The lowest BCUT2D eigenvalue weighted by atomic mass is 10.0. The molecule has 1 aromatic carbocycles. The van der Waals surface area contributed by atoms with E-state index in [4.69, 9.17) is 5.73 Å². The topological polar surface area (TPSA) is 55.1 Å². The molecule has 17 heavy (non-hydrogen) atoms. The maximum Gasteiger partial charge on any atom is 0.253 e. The molecular formula is C14H20N2O. The van der Waals surface area contributed by atoms with Crippen LogP contribution in [-0.4, -0.2) is 11.9 Å². The Bertz CT molecular complexity index is 428. The summed E-state index contributed by atoms with van der Waals surface area (Å²) in [5, 5.41) is 3.09. The Morgan fingerprint density at radius 3 is 2.82 bits per heavy atom. The first-order valence-electron chi connectivity index (χ1n) is 6.25. The number of anilines is 1. The standard InChI is InChI=1S/C14H20N2O/c1-9-5-4-8-12(9)16-14(17)11-7-3-6-10(2)13(11)15/h3,6-7,9,12H,4-5,8,15H2,1-2H3,(H,16,17). The fraction of sp³-hybridized carbons (Fsp3) is 0.500. The number of carbonyl (C=O) groups excluding carboxylic acids is 1. The molecule has 0 aromatic heterocycles. The Kier molecular flexibility index (Phi) is 3.36. The van der Waals surface area contributed by atoms with Crippen LogP contribution >= 0.6 is 0 Å². The van der Waals surface area contributed by atoms with Crippen molar-refractivity contribution >= 4 is 11.6 Å². The normalized spacial score (nSPS) is 23.6. The summed E-state index contributed by atoms with van der Waals surface area (Å²) in [6.45, 7) is 4.11. The fourth-order valence-electron chi connectivity index (χ4n) is 2.48. The maximum atomic E-state index is 12.1. The van der Waals surface area contributed by atoms with Crippen molar-refractivity contribution in [3.8, 4) is 0 Å². The second kappa shape index (κ2) is 4.78. The number of hydrogen-bond acceptors (Lipinski definition) is 2. The van der Waals surface area contributed by atoms with Crippen molar-refractivity contribution in [3.05, 3.63) is 29.3 Å². The average molecular weight is 232 g/mol. The molecule has 0 bridgehead atoms. The number of benzene rings is 1. The molecule has 0 saturated heterocycles. The molecule has 1 aliphatic rings. The second-order valence-corrected chi connectivity index (χ2v) is 5.02. The molecule has 2 atom stereocenters. The highest BCUT2D eigenvalue weighted by Crippen LogP contribution is 2.25. The van der Waals surface area contributed by atoms with E-state index in [2.05, 4.69) is 12.2 Å². The number of amides is 1. The molecule has 0 heterocycles. The van der Waals surface area contributed by atoms with Gasteiger partial charge in [-0.1, -0.05) is 25.5 Å². The summed E-state index contributed by atoms with van der Waals surface area (Å²) >= 11 is 0. The van der Waals surface area contributed by atoms with E-state index in [1.165, 1.54) is 12.8 Å². The summed E-state index contributed by atoms with van der Waals surface area (Å²) in [7, 11) is 0. The summed E-state index contributed by atoms with van der Waals surface area (Å²) in [4.78, 5) is 12.1. The van der Waals surface area contributed by atoms with Crippen LogP contribution in [0.25, 0.3) is 0 Å². The first kappa shape index (κ1) is 12.0. The third-order valence-electron chi connectivity index (χ3n) is 3.75. The van der Waals surface area contributed by atoms with E-state index in [0.717, 1.165) is 12.0 Å². The average Bonchev–Trinajstić information content (AvgIpc) is 2.68. The number of aryl methyl sites for hydroxylation is 1. The number of nitrogens with two attached hydrogens (primary N) is 1. The SMILES string of the molecule is Cc1cccc(C(=O)NC2CCCC2C)c1N. The third-order valence-corrected chi connectivity index (χ3v) is 3.75. The number of hydrogen-bond donors (Lipinski definition) is 2. The zero-order valence-corrected chi connectivity index (χ0v) is 10.5. The lowest BCUT2D eigenvalue weighted by Crippen LogP contribution is -2.36. The molecule has 1 fully saturated rings. The van der Waals surface area contributed by atoms with Gasteiger partial charge in [-0.15, -0.1) is 0 Å². The molecule has 1 saturated carbocycles. The Hall–Kier alpha value is -1.51. The van der Waals surface area contributed by atoms with Gasteiger partial charge in [0.25, 0.3) is 5.91 Å². The molecule has 3 nitrogen and oxygen atoms in total. The highest BCUT2D eigenvalue weighted by atomic mass is 16.1. The number of nitrogen functional groups attached to an aromatic ring is 1. The fourth-order valence-corrected chi connectivity index (χ4v) is 2.48. The monoisotopic (exact) mass is 232 g/mol. The molecule has 92 valence electrons. The largest absolute Gasteiger partial charge is 0.398 e. The minimum absolute atomic E-state index is 0.0371. The van der Waals surface area contributed by atoms with E-state index in [0.29, 0.717) is 23.2 Å². The van der Waals surface area contributed by atoms with Crippen LogP contribution in [0.1, 0.15) is 42.1 Å². The van der Waals surface area contributed by atoms with Gasteiger partial charge in [0.2, 0.25) is 0 Å². The van der Waals surface area contributed by atoms with Crippen molar-refractivity contribution in [1.29, 1.82) is 0 Å². The molecule has 3 N–H and O–H groups in total. The summed E-state index contributed by atoms with van der Waals surface area (Å²) in [6, 6.07) is 5.89. The van der Waals surface area contributed by atoms with Crippen LogP contribution in [0.3, 0.4) is 0 Å². The number of nitrogens with one attached hydrogen (secondary N) is 1. The summed E-state index contributed by atoms with van der Waals surface area (Å²) in [6.07, 6.45) is 3.49. The van der Waals surface area contributed by atoms with Crippen molar-refractivity contribution in [2.45, 2.75) is 39.2 Å². The number of rotatable bonds is 2. The first-order valence-corrected chi connectivity index (χ1v) is 6.25. The molecule has 1 amide bonds. The summed E-state index contributed by atoms with van der Waals surface area (Å²) in [5.41, 5.74) is 8.08. The molecule has 1 aliphatic carbocycles. The minimum Gasteiger partial charge on any atom is -0.398 e. The van der Waals surface area contributed by atoms with Gasteiger partial charge in [0.1, 0.15) is 0 Å². The van der Waals surface area contributed by atoms with Crippen LogP contribution in [-0.2, 0) is 0 Å². The lowest BCUT2D eigenvalue weighted by molar-refractivity contribution is 0.0930. The van der Waals surface area contributed by atoms with Gasteiger partial charge in [-0.2, -0.15) is 0 Å². The van der Waals surface area contributed by atoms with Crippen molar-refractivity contribution in [2.24, 2.45) is 5.92 Å². The Morgan fingerprint density at radius 2 is 2.18 bits per heavy atom. The van der Waals surface area contributed by atoms with E-state index in [1.54, 1.807) is 6.07 Å². The van der Waals surface area contributed by atoms with Gasteiger partial charge in [-0.25, -0.2) is 0 Å². The minimum atomic E-state index is -0.0371. The van der Waals surface area contributed by atoms with Gasteiger partial charge in [0.15, 0.2) is 0 Å². The van der Waals surface area contributed by atoms with Crippen LogP contribution < -0.4 is 11.1 Å². The Morgan fingerprint density at radius 1 is 1.41 bits per heavy atom. The lowest BCUT2D eigenvalue weighted by Gasteiger charge is -2.18. The Labute approximate surface area is 102 Å². The first-order chi connectivity index (χ1) is 8.09. The van der Waals surface area contributed by atoms with Gasteiger partial charge in [0.05, 0.1) is 5.56 Å². The molecule has 0 radical (unpaired) electrons. The van der Waals surface area contributed by atoms with Crippen molar-refractivity contribution in [2.75, 3.05) is 5.73 Å². The van der Waals surface area contributed by atoms with Crippen LogP contribution in [0.5, 0.6) is 0 Å². The van der Waals surface area contributed by atoms with E-state index in [1.807, 2.05) is 19.1 Å². The van der Waals surface area contributed by atoms with Gasteiger partial charge >= 0.3 is 0 Å². The van der Waals surface area contributed by atoms with Crippen molar-refractivity contribution in [1.82, 2.24) is 5.32 Å². The molecule has 0 aliphatic heterocycles. The molecular weight excluding hydrogens is 212 g/mol. The van der Waals surface area contributed by atoms with Gasteiger partial charge < -0.3 is 11.1 Å². The van der Waals surface area contributed by atoms with E-state index < -0.39 is 0 Å². The van der Waals surface area contributed by atoms with E-state index in [9.17, 15) is 4.79 Å². The quantitative estimate of drug-likeness (QED) is 0.770. The number of carbonyl (C=O) groups is 1. The highest BCUT2D eigenvalue weighted by molar-refractivity contribution is 5.99. The van der Waals surface area contributed by atoms with Crippen molar-refractivity contribution in [3.63, 3.8) is 0 Å². The maximum absolute atomic E-state index is 12.1. The zero-order chi connectivity index (χ0) is 12.4. The van der Waals surface area contributed by atoms with E-state index in [-0.39, 0.29) is 5.91 Å². The third kappa shape index (κ3) is 2.43. The van der Waals surface area contributed by atoms with Gasteiger partial charge in [-0.05, 0) is 37.3 Å². The smallest absolute Gasteiger partial charge is 0.253 e. The van der Waals surface area contributed by atoms with Crippen LogP contribution in [0.15, 0.2) is 18.2 Å². The van der Waals surface area contributed by atoms with E-state index >= 15 is 0 Å². The molecule has 2 unspecified atom stereocenters. The molecule has 0 spiro atoms. The molecule has 2 rings (SSSR count). The van der Waals surface area contributed by atoms with Crippen LogP contribution in [0.4, 0.5) is 5.69 Å². The molecule has 3 heteroatoms. The second-order valence-electron chi connectivity index (χ2n) is 5.02. The van der Waals surface area contributed by atoms with Crippen molar-refractivity contribution < 1.29 is 4.79 Å². The van der Waals surface area contributed by atoms with Crippen LogP contribution in [0.2, 0.25) is 0 Å². The van der Waals surface area contributed by atoms with Gasteiger partial charge in [-0.3, -0.25) is 4.79 Å². The summed E-state index contributed by atoms with van der Waals surface area (Å²) in [5.74, 6) is 0.537. The zero-order valence-electron chi connectivity index (χ0n) is 10.5. The summed E-state index contributed by atoms with van der Waals surface area (Å²) < 4.78 is 0. The van der Waals surface area contributed by atoms with Gasteiger partial charge in [0, 0.05) is 11.7 Å².